The summed E-state index contributed by atoms with van der Waals surface area (Å²) in [5.41, 5.74) is -0.454. The molecule has 2 rings (SSSR count). The maximum atomic E-state index is 13.2. The van der Waals surface area contributed by atoms with Gasteiger partial charge in [-0.25, -0.2) is 19.6 Å². The average Bonchev–Trinajstić information content (AvgIpc) is 2.58. The van der Waals surface area contributed by atoms with Crippen molar-refractivity contribution < 1.29 is 33.7 Å². The van der Waals surface area contributed by atoms with Crippen molar-refractivity contribution in [3.63, 3.8) is 0 Å². The third kappa shape index (κ3) is 3.57. The first-order valence-corrected chi connectivity index (χ1v) is 6.92. The van der Waals surface area contributed by atoms with Crippen LogP contribution in [0.1, 0.15) is 27.6 Å². The first-order chi connectivity index (χ1) is 11.6. The number of hydrogen-bond acceptors (Lipinski definition) is 6. The third-order valence-corrected chi connectivity index (χ3v) is 3.49. The Bertz CT molecular complexity index is 857. The normalized spacial score (nSPS) is 11.9. The van der Waals surface area contributed by atoms with Gasteiger partial charge in [0, 0.05) is 6.07 Å². The topological polar surface area (TPSA) is 124 Å². The molecule has 0 saturated heterocycles. The van der Waals surface area contributed by atoms with Gasteiger partial charge in [-0.15, -0.1) is 0 Å². The summed E-state index contributed by atoms with van der Waals surface area (Å²) >= 11 is 0. The lowest BCUT2D eigenvalue weighted by Crippen LogP contribution is -2.45. The number of phenolic OH excluding ortho intramolecular Hbond substituents is 2. The highest BCUT2D eigenvalue weighted by Crippen LogP contribution is 2.28. The molecule has 0 aliphatic rings. The van der Waals surface area contributed by atoms with E-state index in [9.17, 15) is 33.7 Å². The maximum absolute atomic E-state index is 13.2. The molecule has 0 aliphatic heterocycles. The minimum atomic E-state index is -2.02. The molecule has 2 aromatic rings. The number of aliphatic hydroxyl groups is 1. The third-order valence-electron chi connectivity index (χ3n) is 3.49. The SMILES string of the molecule is Cc1cc(C(=O)N(N)C(=O)C(O)c2ccc(F)c(F)c2)c(O)cc1O. The molecule has 1 atom stereocenters. The zero-order valence-corrected chi connectivity index (χ0v) is 12.9. The number of benzene rings is 2. The predicted molar refractivity (Wildman–Crippen MR) is 81.2 cm³/mol. The Morgan fingerprint density at radius 1 is 1.08 bits per heavy atom. The minimum absolute atomic E-state index is 0.0392. The second-order valence-corrected chi connectivity index (χ2v) is 5.25. The predicted octanol–water partition coefficient (Wildman–Crippen LogP) is 1.26. The number of carbonyl (C=O) groups excluding carboxylic acids is 2. The molecule has 25 heavy (non-hydrogen) atoms. The first-order valence-electron chi connectivity index (χ1n) is 6.92. The fourth-order valence-corrected chi connectivity index (χ4v) is 2.04. The first kappa shape index (κ1) is 18.3. The van der Waals surface area contributed by atoms with Crippen LogP contribution in [0.15, 0.2) is 30.3 Å². The van der Waals surface area contributed by atoms with E-state index in [0.29, 0.717) is 12.1 Å². The molecular weight excluding hydrogens is 338 g/mol. The number of phenols is 2. The molecule has 132 valence electrons. The van der Waals surface area contributed by atoms with Crippen LogP contribution in [0.3, 0.4) is 0 Å². The van der Waals surface area contributed by atoms with E-state index >= 15 is 0 Å². The molecule has 0 spiro atoms. The Balaban J connectivity index is 2.28. The van der Waals surface area contributed by atoms with Gasteiger partial charge >= 0.3 is 0 Å². The van der Waals surface area contributed by atoms with E-state index in [-0.39, 0.29) is 27.4 Å². The number of hydrazine groups is 1. The van der Waals surface area contributed by atoms with Gasteiger partial charge < -0.3 is 15.3 Å². The standard InChI is InChI=1S/C16H14F2N2O5/c1-7-4-9(13(22)6-12(7)21)15(24)20(19)16(25)14(23)8-2-3-10(17)11(18)5-8/h2-6,14,21-23H,19H2,1H3. The fraction of sp³-hybridized carbons (Fsp3) is 0.125. The highest BCUT2D eigenvalue weighted by atomic mass is 19.2. The van der Waals surface area contributed by atoms with Gasteiger partial charge in [-0.2, -0.15) is 0 Å². The van der Waals surface area contributed by atoms with E-state index < -0.39 is 35.3 Å². The summed E-state index contributed by atoms with van der Waals surface area (Å²) in [6, 6.07) is 4.26. The summed E-state index contributed by atoms with van der Waals surface area (Å²) < 4.78 is 26.1. The number of aryl methyl sites for hydroxylation is 1. The van der Waals surface area contributed by atoms with Gasteiger partial charge in [-0.3, -0.25) is 9.59 Å². The van der Waals surface area contributed by atoms with Crippen LogP contribution in [0, 0.1) is 18.6 Å². The quantitative estimate of drug-likeness (QED) is 0.375. The number of nitrogens with zero attached hydrogens (tertiary/aromatic N) is 1. The molecule has 2 aromatic carbocycles. The van der Waals surface area contributed by atoms with Crippen LogP contribution in [-0.4, -0.2) is 32.1 Å². The van der Waals surface area contributed by atoms with Crippen molar-refractivity contribution >= 4 is 11.8 Å². The van der Waals surface area contributed by atoms with Crippen molar-refractivity contribution in [3.05, 3.63) is 58.7 Å². The minimum Gasteiger partial charge on any atom is -0.508 e. The number of aliphatic hydroxyl groups excluding tert-OH is 1. The Morgan fingerprint density at radius 3 is 2.32 bits per heavy atom. The lowest BCUT2D eigenvalue weighted by Gasteiger charge is -2.19. The van der Waals surface area contributed by atoms with Crippen molar-refractivity contribution in [2.24, 2.45) is 5.84 Å². The monoisotopic (exact) mass is 352 g/mol. The Kier molecular flexibility index (Phi) is 5.00. The van der Waals surface area contributed by atoms with E-state index in [1.165, 1.54) is 6.92 Å². The second-order valence-electron chi connectivity index (χ2n) is 5.25. The second kappa shape index (κ2) is 6.83. The van der Waals surface area contributed by atoms with Gasteiger partial charge in [0.2, 0.25) is 0 Å². The van der Waals surface area contributed by atoms with Gasteiger partial charge in [0.1, 0.15) is 11.5 Å². The molecule has 5 N–H and O–H groups in total. The van der Waals surface area contributed by atoms with Crippen molar-refractivity contribution in [2.45, 2.75) is 13.0 Å². The summed E-state index contributed by atoms with van der Waals surface area (Å²) in [4.78, 5) is 24.3. The molecule has 1 unspecified atom stereocenters. The number of nitrogens with two attached hydrogens (primary N) is 1. The molecule has 0 aromatic heterocycles. The van der Waals surface area contributed by atoms with Crippen LogP contribution < -0.4 is 5.84 Å². The highest BCUT2D eigenvalue weighted by Gasteiger charge is 2.29. The smallest absolute Gasteiger partial charge is 0.278 e. The molecule has 0 saturated carbocycles. The number of imide groups is 1. The van der Waals surface area contributed by atoms with E-state index in [1.807, 2.05) is 0 Å². The Labute approximate surface area is 140 Å². The molecule has 7 nitrogen and oxygen atoms in total. The van der Waals surface area contributed by atoms with E-state index in [4.69, 9.17) is 5.84 Å². The van der Waals surface area contributed by atoms with Crippen molar-refractivity contribution in [1.29, 1.82) is 0 Å². The van der Waals surface area contributed by atoms with Crippen LogP contribution in [0.2, 0.25) is 0 Å². The number of rotatable bonds is 3. The lowest BCUT2D eigenvalue weighted by molar-refractivity contribution is -0.138. The Morgan fingerprint density at radius 2 is 1.72 bits per heavy atom. The zero-order valence-electron chi connectivity index (χ0n) is 12.9. The number of carbonyl (C=O) groups is 2. The highest BCUT2D eigenvalue weighted by molar-refractivity contribution is 6.07. The van der Waals surface area contributed by atoms with Crippen LogP contribution >= 0.6 is 0 Å². The molecule has 0 fully saturated rings. The summed E-state index contributed by atoms with van der Waals surface area (Å²) in [6.45, 7) is 1.45. The van der Waals surface area contributed by atoms with Gasteiger partial charge in [0.15, 0.2) is 17.7 Å². The summed E-state index contributed by atoms with van der Waals surface area (Å²) in [6.07, 6.45) is -2.02. The number of halogens is 2. The van der Waals surface area contributed by atoms with Crippen LogP contribution in [0.4, 0.5) is 8.78 Å². The average molecular weight is 352 g/mol. The number of amides is 2. The maximum Gasteiger partial charge on any atom is 0.278 e. The van der Waals surface area contributed by atoms with Crippen LogP contribution in [0.5, 0.6) is 11.5 Å². The van der Waals surface area contributed by atoms with Crippen molar-refractivity contribution in [3.8, 4) is 11.5 Å². The molecule has 0 heterocycles. The summed E-state index contributed by atoms with van der Waals surface area (Å²) in [5, 5.41) is 29.1. The zero-order chi connectivity index (χ0) is 18.9. The molecule has 0 radical (unpaired) electrons. The van der Waals surface area contributed by atoms with Crippen LogP contribution in [-0.2, 0) is 4.79 Å². The van der Waals surface area contributed by atoms with Gasteiger partial charge in [0.05, 0.1) is 5.56 Å². The Hall–Kier alpha value is -3.04. The fourth-order valence-electron chi connectivity index (χ4n) is 2.04. The lowest BCUT2D eigenvalue weighted by atomic mass is 10.1. The summed E-state index contributed by atoms with van der Waals surface area (Å²) in [5.74, 6) is -0.447. The van der Waals surface area contributed by atoms with Crippen molar-refractivity contribution in [2.75, 3.05) is 0 Å². The van der Waals surface area contributed by atoms with Crippen LogP contribution in [0.25, 0.3) is 0 Å². The molecule has 9 heteroatoms. The molecule has 0 aliphatic carbocycles. The molecular formula is C16H14F2N2O5. The molecule has 2 amide bonds. The van der Waals surface area contributed by atoms with E-state index in [2.05, 4.69) is 0 Å². The summed E-state index contributed by atoms with van der Waals surface area (Å²) in [7, 11) is 0. The van der Waals surface area contributed by atoms with Gasteiger partial charge in [-0.05, 0) is 36.2 Å². The van der Waals surface area contributed by atoms with Gasteiger partial charge in [0.25, 0.3) is 11.8 Å². The van der Waals surface area contributed by atoms with Gasteiger partial charge in [-0.1, -0.05) is 6.07 Å². The van der Waals surface area contributed by atoms with E-state index in [0.717, 1.165) is 18.2 Å². The van der Waals surface area contributed by atoms with Crippen molar-refractivity contribution in [1.82, 2.24) is 5.01 Å². The van der Waals surface area contributed by atoms with E-state index in [1.54, 1.807) is 0 Å². The number of aromatic hydroxyl groups is 2. The molecule has 0 bridgehead atoms. The largest absolute Gasteiger partial charge is 0.508 e. The number of hydrogen-bond donors (Lipinski definition) is 4.